The van der Waals surface area contributed by atoms with Gasteiger partial charge in [-0.15, -0.1) is 0 Å². The van der Waals surface area contributed by atoms with Gasteiger partial charge in [0.15, 0.2) is 0 Å². The van der Waals surface area contributed by atoms with Crippen LogP contribution in [0.5, 0.6) is 0 Å². The van der Waals surface area contributed by atoms with Crippen LogP contribution in [0.3, 0.4) is 0 Å². The van der Waals surface area contributed by atoms with Crippen molar-refractivity contribution in [2.45, 2.75) is 25.6 Å². The van der Waals surface area contributed by atoms with Crippen molar-refractivity contribution in [2.24, 2.45) is 0 Å². The number of anilines is 1. The molecule has 1 aromatic rings. The number of rotatable bonds is 6. The lowest BCUT2D eigenvalue weighted by Crippen LogP contribution is -2.25. The van der Waals surface area contributed by atoms with E-state index < -0.39 is 12.8 Å². The van der Waals surface area contributed by atoms with Crippen LogP contribution in [0.4, 0.5) is 18.9 Å². The summed E-state index contributed by atoms with van der Waals surface area (Å²) in [7, 11) is 2.09. The van der Waals surface area contributed by atoms with Gasteiger partial charge in [-0.25, -0.2) is 0 Å². The minimum absolute atomic E-state index is 0.0627. The van der Waals surface area contributed by atoms with Crippen molar-refractivity contribution in [1.29, 1.82) is 0 Å². The van der Waals surface area contributed by atoms with Gasteiger partial charge in [-0.1, -0.05) is 12.1 Å². The lowest BCUT2D eigenvalue weighted by atomic mass is 9.99. The molecule has 0 fully saturated rings. The van der Waals surface area contributed by atoms with Gasteiger partial charge in [-0.05, 0) is 30.0 Å². The lowest BCUT2D eigenvalue weighted by molar-refractivity contribution is -0.173. The molecule has 6 heteroatoms. The monoisotopic (exact) mass is 302 g/mol. The predicted molar refractivity (Wildman–Crippen MR) is 76.6 cm³/mol. The Balaban J connectivity index is 1.72. The number of ether oxygens (including phenoxy) is 1. The van der Waals surface area contributed by atoms with Crippen LogP contribution in [0.2, 0.25) is 0 Å². The minimum atomic E-state index is -4.25. The Hall–Kier alpha value is -1.27. The molecule has 0 spiro atoms. The molecule has 1 N–H and O–H groups in total. The van der Waals surface area contributed by atoms with E-state index in [9.17, 15) is 13.2 Å². The number of nitrogens with zero attached hydrogens (tertiary/aromatic N) is 1. The summed E-state index contributed by atoms with van der Waals surface area (Å²) in [5, 5.41) is 3.10. The number of hydrogen-bond acceptors (Lipinski definition) is 3. The predicted octanol–water partition coefficient (Wildman–Crippen LogP) is 2.74. The van der Waals surface area contributed by atoms with E-state index in [-0.39, 0.29) is 6.61 Å². The summed E-state index contributed by atoms with van der Waals surface area (Å²) >= 11 is 0. The van der Waals surface area contributed by atoms with Crippen molar-refractivity contribution in [3.05, 3.63) is 29.3 Å². The standard InChI is InChI=1S/C15H21F3N2O/c1-20-7-2-3-13-9-12(4-5-14(13)20)10-19-6-8-21-11-15(16,17)18/h4-5,9,19H,2-3,6-8,10-11H2,1H3. The highest BCUT2D eigenvalue weighted by Gasteiger charge is 2.27. The number of hydrogen-bond donors (Lipinski definition) is 1. The van der Waals surface area contributed by atoms with E-state index in [1.807, 2.05) is 0 Å². The maximum atomic E-state index is 11.9. The first-order chi connectivity index (χ1) is 9.96. The van der Waals surface area contributed by atoms with E-state index in [1.54, 1.807) is 0 Å². The Morgan fingerprint density at radius 2 is 2.14 bits per heavy atom. The Morgan fingerprint density at radius 1 is 1.33 bits per heavy atom. The van der Waals surface area contributed by atoms with Crippen LogP contribution in [0, 0.1) is 0 Å². The van der Waals surface area contributed by atoms with Crippen molar-refractivity contribution >= 4 is 5.69 Å². The first-order valence-corrected chi connectivity index (χ1v) is 7.14. The molecule has 3 nitrogen and oxygen atoms in total. The molecule has 0 radical (unpaired) electrons. The van der Waals surface area contributed by atoms with E-state index in [0.717, 1.165) is 24.9 Å². The van der Waals surface area contributed by atoms with Gasteiger partial charge in [-0.2, -0.15) is 13.2 Å². The van der Waals surface area contributed by atoms with Crippen molar-refractivity contribution in [1.82, 2.24) is 5.32 Å². The fourth-order valence-electron chi connectivity index (χ4n) is 2.51. The Bertz CT molecular complexity index is 463. The molecule has 0 saturated carbocycles. The highest BCUT2D eigenvalue weighted by molar-refractivity contribution is 5.56. The summed E-state index contributed by atoms with van der Waals surface area (Å²) in [6.07, 6.45) is -2.00. The summed E-state index contributed by atoms with van der Waals surface area (Å²) in [5.74, 6) is 0. The van der Waals surface area contributed by atoms with Crippen LogP contribution < -0.4 is 10.2 Å². The molecule has 0 bridgehead atoms. The van der Waals surface area contributed by atoms with Crippen LogP contribution in [0.15, 0.2) is 18.2 Å². The first kappa shape index (κ1) is 16.1. The van der Waals surface area contributed by atoms with Crippen LogP contribution in [0.1, 0.15) is 17.5 Å². The molecule has 1 aromatic carbocycles. The zero-order valence-corrected chi connectivity index (χ0v) is 12.2. The second kappa shape index (κ2) is 7.13. The lowest BCUT2D eigenvalue weighted by Gasteiger charge is -2.27. The molecule has 118 valence electrons. The zero-order valence-electron chi connectivity index (χ0n) is 12.2. The van der Waals surface area contributed by atoms with Gasteiger partial charge in [-0.3, -0.25) is 0 Å². The van der Waals surface area contributed by atoms with E-state index in [4.69, 9.17) is 0 Å². The number of halogens is 3. The molecule has 1 aliphatic rings. The summed E-state index contributed by atoms with van der Waals surface area (Å²) in [6, 6.07) is 6.35. The Kier molecular flexibility index (Phi) is 5.47. The molecular formula is C15H21F3N2O. The summed E-state index contributed by atoms with van der Waals surface area (Å²) in [5.41, 5.74) is 3.77. The van der Waals surface area contributed by atoms with E-state index in [1.165, 1.54) is 11.3 Å². The van der Waals surface area contributed by atoms with Gasteiger partial charge in [0.2, 0.25) is 0 Å². The fraction of sp³-hybridized carbons (Fsp3) is 0.600. The van der Waals surface area contributed by atoms with Gasteiger partial charge in [0.05, 0.1) is 6.61 Å². The molecule has 0 atom stereocenters. The molecule has 0 aromatic heterocycles. The van der Waals surface area contributed by atoms with Crippen LogP contribution in [-0.4, -0.2) is 39.5 Å². The van der Waals surface area contributed by atoms with Gasteiger partial charge in [0, 0.05) is 32.4 Å². The number of fused-ring (bicyclic) bond motifs is 1. The topological polar surface area (TPSA) is 24.5 Å². The third-order valence-electron chi connectivity index (χ3n) is 3.51. The number of nitrogens with one attached hydrogen (secondary N) is 1. The summed E-state index contributed by atoms with van der Waals surface area (Å²) < 4.78 is 40.2. The van der Waals surface area contributed by atoms with E-state index in [0.29, 0.717) is 13.1 Å². The second-order valence-corrected chi connectivity index (χ2v) is 5.33. The zero-order chi connectivity index (χ0) is 15.3. The Labute approximate surface area is 123 Å². The van der Waals surface area contributed by atoms with E-state index in [2.05, 4.69) is 40.2 Å². The summed E-state index contributed by atoms with van der Waals surface area (Å²) in [6.45, 7) is 1.02. The molecule has 21 heavy (non-hydrogen) atoms. The number of alkyl halides is 3. The smallest absolute Gasteiger partial charge is 0.374 e. The Morgan fingerprint density at radius 3 is 2.90 bits per heavy atom. The van der Waals surface area contributed by atoms with Crippen molar-refractivity contribution in [3.63, 3.8) is 0 Å². The summed E-state index contributed by atoms with van der Waals surface area (Å²) in [4.78, 5) is 2.25. The highest BCUT2D eigenvalue weighted by atomic mass is 19.4. The SMILES string of the molecule is CN1CCCc2cc(CNCCOCC(F)(F)F)ccc21. The third kappa shape index (κ3) is 5.21. The van der Waals surface area contributed by atoms with Crippen molar-refractivity contribution < 1.29 is 17.9 Å². The quantitative estimate of drug-likeness (QED) is 0.818. The average Bonchev–Trinajstić information content (AvgIpc) is 2.42. The maximum Gasteiger partial charge on any atom is 0.411 e. The van der Waals surface area contributed by atoms with Gasteiger partial charge in [0.1, 0.15) is 6.61 Å². The average molecular weight is 302 g/mol. The molecule has 0 saturated heterocycles. The molecular weight excluding hydrogens is 281 g/mol. The first-order valence-electron chi connectivity index (χ1n) is 7.14. The van der Waals surface area contributed by atoms with E-state index >= 15 is 0 Å². The van der Waals surface area contributed by atoms with Gasteiger partial charge in [0.25, 0.3) is 0 Å². The number of benzene rings is 1. The van der Waals surface area contributed by atoms with Gasteiger partial charge >= 0.3 is 6.18 Å². The molecule has 2 rings (SSSR count). The van der Waals surface area contributed by atoms with Gasteiger partial charge < -0.3 is 15.0 Å². The fourth-order valence-corrected chi connectivity index (χ4v) is 2.51. The normalized spacial score (nSPS) is 15.1. The largest absolute Gasteiger partial charge is 0.411 e. The molecule has 0 aliphatic carbocycles. The molecule has 0 unspecified atom stereocenters. The highest BCUT2D eigenvalue weighted by Crippen LogP contribution is 2.26. The minimum Gasteiger partial charge on any atom is -0.374 e. The van der Waals surface area contributed by atoms with Crippen molar-refractivity contribution in [2.75, 3.05) is 38.3 Å². The van der Waals surface area contributed by atoms with Crippen molar-refractivity contribution in [3.8, 4) is 0 Å². The van der Waals surface area contributed by atoms with Crippen LogP contribution >= 0.6 is 0 Å². The third-order valence-corrected chi connectivity index (χ3v) is 3.51. The molecule has 1 heterocycles. The van der Waals surface area contributed by atoms with Crippen LogP contribution in [-0.2, 0) is 17.7 Å². The van der Waals surface area contributed by atoms with Crippen LogP contribution in [0.25, 0.3) is 0 Å². The molecule has 0 amide bonds. The molecule has 1 aliphatic heterocycles. The second-order valence-electron chi connectivity index (χ2n) is 5.33. The maximum absolute atomic E-state index is 11.9. The number of aryl methyl sites for hydroxylation is 1.